The van der Waals surface area contributed by atoms with Crippen LogP contribution in [0.4, 0.5) is 13.2 Å². The molecule has 21 heavy (non-hydrogen) atoms. The molecule has 114 valence electrons. The number of hydrogen-bond acceptors (Lipinski definition) is 2. The summed E-state index contributed by atoms with van der Waals surface area (Å²) in [5.74, 6) is -1.55. The predicted octanol–water partition coefficient (Wildman–Crippen LogP) is 2.86. The molecular formula is C14H14F3NO3. The van der Waals surface area contributed by atoms with Crippen molar-refractivity contribution in [1.82, 2.24) is 5.32 Å². The number of nitrogens with one attached hydrogen (secondary N) is 1. The van der Waals surface area contributed by atoms with Crippen LogP contribution in [-0.2, 0) is 4.79 Å². The van der Waals surface area contributed by atoms with Crippen molar-refractivity contribution < 1.29 is 27.9 Å². The Morgan fingerprint density at radius 2 is 1.81 bits per heavy atom. The van der Waals surface area contributed by atoms with E-state index in [1.54, 1.807) is 12.1 Å². The van der Waals surface area contributed by atoms with Gasteiger partial charge < -0.3 is 10.4 Å². The smallest absolute Gasteiger partial charge is 0.389 e. The summed E-state index contributed by atoms with van der Waals surface area (Å²) in [4.78, 5) is 22.0. The molecule has 2 N–H and O–H groups in total. The predicted molar refractivity (Wildman–Crippen MR) is 70.7 cm³/mol. The molecule has 1 aromatic rings. The molecule has 0 spiro atoms. The van der Waals surface area contributed by atoms with E-state index in [9.17, 15) is 22.8 Å². The molecule has 0 atom stereocenters. The van der Waals surface area contributed by atoms with E-state index < -0.39 is 24.5 Å². The number of carboxylic acids is 1. The van der Waals surface area contributed by atoms with Crippen LogP contribution in [0.5, 0.6) is 0 Å². The van der Waals surface area contributed by atoms with Gasteiger partial charge in [0.05, 0.1) is 0 Å². The molecule has 0 aliphatic carbocycles. The zero-order valence-electron chi connectivity index (χ0n) is 11.0. The van der Waals surface area contributed by atoms with Crippen LogP contribution in [0.25, 0.3) is 6.08 Å². The monoisotopic (exact) mass is 301 g/mol. The van der Waals surface area contributed by atoms with Crippen LogP contribution < -0.4 is 5.32 Å². The van der Waals surface area contributed by atoms with Gasteiger partial charge in [0.1, 0.15) is 0 Å². The summed E-state index contributed by atoms with van der Waals surface area (Å²) in [5, 5.41) is 10.9. The second kappa shape index (κ2) is 7.47. The van der Waals surface area contributed by atoms with Crippen molar-refractivity contribution in [3.05, 3.63) is 41.5 Å². The maximum atomic E-state index is 11.9. The summed E-state index contributed by atoms with van der Waals surface area (Å²) in [6, 6.07) is 6.04. The Labute approximate surface area is 119 Å². The van der Waals surface area contributed by atoms with E-state index in [0.29, 0.717) is 11.1 Å². The molecule has 0 aliphatic rings. The highest BCUT2D eigenvalue weighted by molar-refractivity contribution is 5.94. The fourth-order valence-electron chi connectivity index (χ4n) is 1.51. The van der Waals surface area contributed by atoms with Gasteiger partial charge in [-0.25, -0.2) is 4.79 Å². The Morgan fingerprint density at radius 1 is 1.19 bits per heavy atom. The highest BCUT2D eigenvalue weighted by Crippen LogP contribution is 2.20. The second-order valence-electron chi connectivity index (χ2n) is 4.27. The lowest BCUT2D eigenvalue weighted by atomic mass is 10.1. The Morgan fingerprint density at radius 3 is 2.33 bits per heavy atom. The van der Waals surface area contributed by atoms with Gasteiger partial charge in [0.2, 0.25) is 0 Å². The zero-order valence-corrected chi connectivity index (χ0v) is 11.0. The molecule has 0 saturated heterocycles. The largest absolute Gasteiger partial charge is 0.478 e. The van der Waals surface area contributed by atoms with Gasteiger partial charge in [0.25, 0.3) is 5.91 Å². The number of amides is 1. The summed E-state index contributed by atoms with van der Waals surface area (Å²) >= 11 is 0. The molecule has 1 aromatic carbocycles. The molecule has 7 heteroatoms. The summed E-state index contributed by atoms with van der Waals surface area (Å²) in [6.45, 7) is -0.0565. The molecule has 0 heterocycles. The molecule has 4 nitrogen and oxygen atoms in total. The lowest BCUT2D eigenvalue weighted by Gasteiger charge is -2.07. The van der Waals surface area contributed by atoms with E-state index in [1.165, 1.54) is 18.2 Å². The summed E-state index contributed by atoms with van der Waals surface area (Å²) in [5.41, 5.74) is 0.903. The van der Waals surface area contributed by atoms with Crippen molar-refractivity contribution in [3.8, 4) is 0 Å². The summed E-state index contributed by atoms with van der Waals surface area (Å²) < 4.78 is 35.7. The van der Waals surface area contributed by atoms with Crippen molar-refractivity contribution in [2.24, 2.45) is 0 Å². The van der Waals surface area contributed by atoms with Crippen molar-refractivity contribution in [2.45, 2.75) is 19.0 Å². The Balaban J connectivity index is 2.46. The number of alkyl halides is 3. The number of carbonyl (C=O) groups is 2. The summed E-state index contributed by atoms with van der Waals surface area (Å²) in [7, 11) is 0. The molecule has 1 amide bonds. The molecule has 0 fully saturated rings. The lowest BCUT2D eigenvalue weighted by Crippen LogP contribution is -2.25. The molecular weight excluding hydrogens is 287 g/mol. The van der Waals surface area contributed by atoms with Gasteiger partial charge >= 0.3 is 12.1 Å². The van der Waals surface area contributed by atoms with E-state index in [0.717, 1.165) is 6.08 Å². The number of aliphatic carboxylic acids is 1. The quantitative estimate of drug-likeness (QED) is 0.627. The molecule has 0 radical (unpaired) electrons. The minimum Gasteiger partial charge on any atom is -0.478 e. The van der Waals surface area contributed by atoms with Crippen molar-refractivity contribution in [3.63, 3.8) is 0 Å². The van der Waals surface area contributed by atoms with E-state index in [4.69, 9.17) is 5.11 Å². The van der Waals surface area contributed by atoms with Crippen LogP contribution >= 0.6 is 0 Å². The van der Waals surface area contributed by atoms with Gasteiger partial charge in [-0.05, 0) is 30.2 Å². The number of carbonyl (C=O) groups excluding carboxylic acids is 1. The zero-order chi connectivity index (χ0) is 15.9. The Hall–Kier alpha value is -2.31. The third kappa shape index (κ3) is 7.14. The number of benzene rings is 1. The standard InChI is InChI=1S/C14H14F3NO3/c15-14(16,17)8-1-9-18-13(21)11-5-2-10(3-6-11)4-7-12(19)20/h2-7H,1,8-9H2,(H,18,21)(H,19,20)/b7-4+. The highest BCUT2D eigenvalue weighted by Gasteiger charge is 2.25. The number of carboxylic acid groups (broad SMARTS) is 1. The summed E-state index contributed by atoms with van der Waals surface area (Å²) in [6.07, 6.45) is -3.00. The third-order valence-electron chi connectivity index (χ3n) is 2.51. The normalized spacial score (nSPS) is 11.6. The first kappa shape index (κ1) is 16.7. The SMILES string of the molecule is O=C(O)/C=C/c1ccc(C(=O)NCCCC(F)(F)F)cc1. The van der Waals surface area contributed by atoms with Gasteiger partial charge in [0, 0.05) is 24.6 Å². The minimum absolute atomic E-state index is 0.0565. The molecule has 0 saturated carbocycles. The third-order valence-corrected chi connectivity index (χ3v) is 2.51. The highest BCUT2D eigenvalue weighted by atomic mass is 19.4. The van der Waals surface area contributed by atoms with Gasteiger partial charge in [-0.2, -0.15) is 13.2 Å². The van der Waals surface area contributed by atoms with Crippen molar-refractivity contribution in [2.75, 3.05) is 6.54 Å². The van der Waals surface area contributed by atoms with Crippen molar-refractivity contribution >= 4 is 18.0 Å². The van der Waals surface area contributed by atoms with Gasteiger partial charge in [-0.3, -0.25) is 4.79 Å². The van der Waals surface area contributed by atoms with Crippen LogP contribution in [0.15, 0.2) is 30.3 Å². The molecule has 0 bridgehead atoms. The second-order valence-corrected chi connectivity index (χ2v) is 4.27. The minimum atomic E-state index is -4.22. The maximum absolute atomic E-state index is 11.9. The van der Waals surface area contributed by atoms with Crippen LogP contribution in [0.1, 0.15) is 28.8 Å². The van der Waals surface area contributed by atoms with Crippen LogP contribution in [0, 0.1) is 0 Å². The maximum Gasteiger partial charge on any atom is 0.389 e. The van der Waals surface area contributed by atoms with Crippen LogP contribution in [0.3, 0.4) is 0 Å². The Kier molecular flexibility index (Phi) is 5.95. The first-order valence-corrected chi connectivity index (χ1v) is 6.14. The fraction of sp³-hybridized carbons (Fsp3) is 0.286. The van der Waals surface area contributed by atoms with Gasteiger partial charge in [-0.1, -0.05) is 12.1 Å². The van der Waals surface area contributed by atoms with Gasteiger partial charge in [-0.15, -0.1) is 0 Å². The van der Waals surface area contributed by atoms with Crippen molar-refractivity contribution in [1.29, 1.82) is 0 Å². The van der Waals surface area contributed by atoms with E-state index >= 15 is 0 Å². The average Bonchev–Trinajstić information content (AvgIpc) is 2.40. The topological polar surface area (TPSA) is 66.4 Å². The molecule has 1 rings (SSSR count). The first-order chi connectivity index (χ1) is 9.78. The lowest BCUT2D eigenvalue weighted by molar-refractivity contribution is -0.135. The Bertz CT molecular complexity index is 521. The number of rotatable bonds is 6. The first-order valence-electron chi connectivity index (χ1n) is 6.14. The van der Waals surface area contributed by atoms with Gasteiger partial charge in [0.15, 0.2) is 0 Å². The number of hydrogen-bond donors (Lipinski definition) is 2. The van der Waals surface area contributed by atoms with Crippen LogP contribution in [-0.4, -0.2) is 29.7 Å². The average molecular weight is 301 g/mol. The van der Waals surface area contributed by atoms with E-state index in [-0.39, 0.29) is 13.0 Å². The molecule has 0 aromatic heterocycles. The number of halogens is 3. The molecule has 0 aliphatic heterocycles. The fourth-order valence-corrected chi connectivity index (χ4v) is 1.51. The molecule has 0 unspecified atom stereocenters. The van der Waals surface area contributed by atoms with E-state index in [2.05, 4.69) is 5.32 Å². The van der Waals surface area contributed by atoms with Crippen LogP contribution in [0.2, 0.25) is 0 Å². The van der Waals surface area contributed by atoms with E-state index in [1.807, 2.05) is 0 Å².